The minimum atomic E-state index is -0.380. The fourth-order valence-electron chi connectivity index (χ4n) is 4.92. The van der Waals surface area contributed by atoms with Gasteiger partial charge in [-0.1, -0.05) is 71.4 Å². The average Bonchev–Trinajstić information content (AvgIpc) is 3.12. The molecule has 2 unspecified atom stereocenters. The third kappa shape index (κ3) is 6.11. The second kappa shape index (κ2) is 11.1. The lowest BCUT2D eigenvalue weighted by atomic mass is 9.83. The second-order valence-corrected chi connectivity index (χ2v) is 10.5. The largest absolute Gasteiger partial charge is 0.507 e. The maximum Gasteiger partial charge on any atom is 0.219 e. The number of benzene rings is 2. The maximum atomic E-state index is 13.5. The van der Waals surface area contributed by atoms with Crippen LogP contribution in [0.3, 0.4) is 0 Å². The first kappa shape index (κ1) is 26.5. The highest BCUT2D eigenvalue weighted by Crippen LogP contribution is 2.38. The van der Waals surface area contributed by atoms with Gasteiger partial charge in [0, 0.05) is 42.1 Å². The van der Waals surface area contributed by atoms with Crippen LogP contribution < -0.4 is 5.32 Å². The number of hydrogen-bond acceptors (Lipinski definition) is 4. The number of carbonyl (C=O) groups is 2. The standard InChI is InChI=1S/C29H39N3O3/c1-6-11-20-17-32(28(30)26(20)19-12-9-8-10-13-19)18-24(33)21-14-22(16-31-25(34)7-2)27(35)23(15-21)29(3,4)5/h8-10,12-15,20,26,30,35H,6-7,11,16-18H2,1-5H3,(H,31,34). The van der Waals surface area contributed by atoms with Crippen molar-refractivity contribution in [2.45, 2.75) is 71.8 Å². The molecule has 2 aromatic carbocycles. The van der Waals surface area contributed by atoms with Gasteiger partial charge in [-0.15, -0.1) is 0 Å². The van der Waals surface area contributed by atoms with Crippen molar-refractivity contribution in [1.29, 1.82) is 5.41 Å². The lowest BCUT2D eigenvalue weighted by molar-refractivity contribution is -0.120. The summed E-state index contributed by atoms with van der Waals surface area (Å²) in [7, 11) is 0. The number of aromatic hydroxyl groups is 1. The van der Waals surface area contributed by atoms with E-state index in [0.717, 1.165) is 18.4 Å². The second-order valence-electron chi connectivity index (χ2n) is 10.5. The number of hydrogen-bond donors (Lipinski definition) is 3. The highest BCUT2D eigenvalue weighted by Gasteiger charge is 2.38. The van der Waals surface area contributed by atoms with E-state index >= 15 is 0 Å². The first-order valence-electron chi connectivity index (χ1n) is 12.6. The molecule has 0 aliphatic carbocycles. The molecule has 0 radical (unpaired) electrons. The summed E-state index contributed by atoms with van der Waals surface area (Å²) in [6.45, 7) is 10.9. The van der Waals surface area contributed by atoms with Gasteiger partial charge in [0.05, 0.1) is 6.54 Å². The first-order chi connectivity index (χ1) is 16.6. The molecule has 0 saturated carbocycles. The molecule has 1 aliphatic rings. The lowest BCUT2D eigenvalue weighted by Gasteiger charge is -2.24. The molecule has 2 aromatic rings. The molecule has 6 heteroatoms. The Bertz CT molecular complexity index is 1070. The Morgan fingerprint density at radius 1 is 1.14 bits per heavy atom. The molecule has 188 valence electrons. The summed E-state index contributed by atoms with van der Waals surface area (Å²) in [5.74, 6) is 0.700. The number of ketones is 1. The van der Waals surface area contributed by atoms with Crippen molar-refractivity contribution >= 4 is 17.5 Å². The molecule has 6 nitrogen and oxygen atoms in total. The number of amidine groups is 1. The van der Waals surface area contributed by atoms with Crippen molar-refractivity contribution in [3.8, 4) is 5.75 Å². The topological polar surface area (TPSA) is 93.5 Å². The van der Waals surface area contributed by atoms with E-state index in [-0.39, 0.29) is 41.9 Å². The molecular weight excluding hydrogens is 438 g/mol. The Labute approximate surface area is 209 Å². The summed E-state index contributed by atoms with van der Waals surface area (Å²) in [5, 5.41) is 22.6. The van der Waals surface area contributed by atoms with Crippen LogP contribution in [0.15, 0.2) is 42.5 Å². The van der Waals surface area contributed by atoms with Crippen LogP contribution in [0, 0.1) is 11.3 Å². The average molecular weight is 478 g/mol. The minimum absolute atomic E-state index is 0.00581. The smallest absolute Gasteiger partial charge is 0.219 e. The van der Waals surface area contributed by atoms with Gasteiger partial charge in [-0.3, -0.25) is 15.0 Å². The predicted octanol–water partition coefficient (Wildman–Crippen LogP) is 5.39. The van der Waals surface area contributed by atoms with Crippen molar-refractivity contribution in [2.75, 3.05) is 13.1 Å². The van der Waals surface area contributed by atoms with Gasteiger partial charge >= 0.3 is 0 Å². The first-order valence-corrected chi connectivity index (χ1v) is 12.6. The van der Waals surface area contributed by atoms with Gasteiger partial charge in [0.1, 0.15) is 11.6 Å². The van der Waals surface area contributed by atoms with E-state index in [1.165, 1.54) is 0 Å². The van der Waals surface area contributed by atoms with Crippen LogP contribution in [-0.4, -0.2) is 40.6 Å². The molecule has 0 spiro atoms. The number of carbonyl (C=O) groups excluding carboxylic acids is 2. The van der Waals surface area contributed by atoms with Crippen LogP contribution in [0.2, 0.25) is 0 Å². The quantitative estimate of drug-likeness (QED) is 0.422. The van der Waals surface area contributed by atoms with Crippen molar-refractivity contribution < 1.29 is 14.7 Å². The molecule has 0 aromatic heterocycles. The van der Waals surface area contributed by atoms with Gasteiger partial charge in [-0.25, -0.2) is 0 Å². The molecule has 1 saturated heterocycles. The number of Topliss-reactive ketones (excluding diaryl/α,β-unsaturated/α-hetero) is 1. The van der Waals surface area contributed by atoms with Crippen LogP contribution in [-0.2, 0) is 16.8 Å². The van der Waals surface area contributed by atoms with E-state index < -0.39 is 0 Å². The Hall–Kier alpha value is -3.15. The fraction of sp³-hybridized carbons (Fsp3) is 0.483. The van der Waals surface area contributed by atoms with Gasteiger partial charge in [0.25, 0.3) is 0 Å². The molecule has 0 bridgehead atoms. The maximum absolute atomic E-state index is 13.5. The molecular formula is C29H39N3O3. The van der Waals surface area contributed by atoms with Crippen LogP contribution in [0.1, 0.15) is 86.8 Å². The minimum Gasteiger partial charge on any atom is -0.507 e. The molecule has 1 aliphatic heterocycles. The zero-order valence-corrected chi connectivity index (χ0v) is 21.6. The normalized spacial score (nSPS) is 18.1. The number of nitrogens with one attached hydrogen (secondary N) is 2. The highest BCUT2D eigenvalue weighted by molar-refractivity contribution is 6.01. The van der Waals surface area contributed by atoms with Gasteiger partial charge in [-0.2, -0.15) is 0 Å². The van der Waals surface area contributed by atoms with E-state index in [2.05, 4.69) is 24.4 Å². The van der Waals surface area contributed by atoms with Gasteiger partial charge in [0.15, 0.2) is 5.78 Å². The third-order valence-electron chi connectivity index (χ3n) is 6.83. The van der Waals surface area contributed by atoms with E-state index in [1.54, 1.807) is 19.1 Å². The Kier molecular flexibility index (Phi) is 8.36. The summed E-state index contributed by atoms with van der Waals surface area (Å²) in [4.78, 5) is 27.2. The summed E-state index contributed by atoms with van der Waals surface area (Å²) < 4.78 is 0. The molecule has 35 heavy (non-hydrogen) atoms. The van der Waals surface area contributed by atoms with Crippen molar-refractivity contribution in [1.82, 2.24) is 10.2 Å². The van der Waals surface area contributed by atoms with Gasteiger partial charge in [-0.05, 0) is 35.4 Å². The Morgan fingerprint density at radius 2 is 1.83 bits per heavy atom. The number of nitrogens with zero attached hydrogens (tertiary/aromatic N) is 1. The number of likely N-dealkylation sites (tertiary alicyclic amines) is 1. The number of rotatable bonds is 9. The van der Waals surface area contributed by atoms with Crippen LogP contribution in [0.5, 0.6) is 5.75 Å². The van der Waals surface area contributed by atoms with Crippen LogP contribution in [0.25, 0.3) is 0 Å². The van der Waals surface area contributed by atoms with E-state index in [4.69, 9.17) is 5.41 Å². The SMILES string of the molecule is CCCC1CN(CC(=O)c2cc(CNC(=O)CC)c(O)c(C(C)(C)C)c2)C(=N)C1c1ccccc1. The highest BCUT2D eigenvalue weighted by atomic mass is 16.3. The summed E-state index contributed by atoms with van der Waals surface area (Å²) in [5.41, 5.74) is 2.45. The summed E-state index contributed by atoms with van der Waals surface area (Å²) >= 11 is 0. The Morgan fingerprint density at radius 3 is 2.43 bits per heavy atom. The van der Waals surface area contributed by atoms with Crippen molar-refractivity contribution in [2.24, 2.45) is 5.92 Å². The van der Waals surface area contributed by atoms with Crippen LogP contribution >= 0.6 is 0 Å². The zero-order chi connectivity index (χ0) is 25.8. The Balaban J connectivity index is 1.88. The molecule has 3 rings (SSSR count). The lowest BCUT2D eigenvalue weighted by Crippen LogP contribution is -2.32. The molecule has 2 atom stereocenters. The van der Waals surface area contributed by atoms with Gasteiger partial charge in [0.2, 0.25) is 5.91 Å². The molecule has 3 N–H and O–H groups in total. The summed E-state index contributed by atoms with van der Waals surface area (Å²) in [6, 6.07) is 13.6. The molecule has 1 fully saturated rings. The predicted molar refractivity (Wildman–Crippen MR) is 140 cm³/mol. The van der Waals surface area contributed by atoms with Gasteiger partial charge < -0.3 is 15.3 Å². The number of phenols is 1. The van der Waals surface area contributed by atoms with E-state index in [0.29, 0.717) is 41.4 Å². The summed E-state index contributed by atoms with van der Waals surface area (Å²) in [6.07, 6.45) is 2.38. The molecule has 1 heterocycles. The monoisotopic (exact) mass is 477 g/mol. The van der Waals surface area contributed by atoms with Crippen LogP contribution in [0.4, 0.5) is 0 Å². The fourth-order valence-corrected chi connectivity index (χ4v) is 4.92. The number of amides is 1. The third-order valence-corrected chi connectivity index (χ3v) is 6.83. The number of phenolic OH excluding ortho intramolecular Hbond substituents is 1. The van der Waals surface area contributed by atoms with E-state index in [9.17, 15) is 14.7 Å². The van der Waals surface area contributed by atoms with Crippen molar-refractivity contribution in [3.63, 3.8) is 0 Å². The zero-order valence-electron chi connectivity index (χ0n) is 21.6. The molecule has 1 amide bonds. The van der Waals surface area contributed by atoms with E-state index in [1.807, 2.05) is 43.9 Å². The van der Waals surface area contributed by atoms with Crippen molar-refractivity contribution in [3.05, 3.63) is 64.7 Å².